The molecule has 0 amide bonds. The van der Waals surface area contributed by atoms with E-state index in [1.807, 2.05) is 6.07 Å². The number of fused-ring (bicyclic) bond motifs is 1. The molecule has 0 saturated carbocycles. The molecular formula is C17H21ClN2S. The van der Waals surface area contributed by atoms with Crippen molar-refractivity contribution in [3.05, 3.63) is 51.2 Å². The van der Waals surface area contributed by atoms with E-state index in [0.717, 1.165) is 30.4 Å². The van der Waals surface area contributed by atoms with Crippen LogP contribution in [0.3, 0.4) is 0 Å². The number of halogens is 1. The molecule has 4 heteroatoms. The Morgan fingerprint density at radius 1 is 1.29 bits per heavy atom. The first-order valence-electron chi connectivity index (χ1n) is 7.55. The highest BCUT2D eigenvalue weighted by atomic mass is 35.5. The minimum absolute atomic E-state index is 0.383. The summed E-state index contributed by atoms with van der Waals surface area (Å²) in [6, 6.07) is 13.2. The second kappa shape index (κ2) is 6.82. The highest BCUT2D eigenvalue weighted by Crippen LogP contribution is 2.28. The molecule has 1 aromatic heterocycles. The first-order chi connectivity index (χ1) is 10.2. The van der Waals surface area contributed by atoms with Gasteiger partial charge in [0, 0.05) is 29.7 Å². The molecule has 0 saturated heterocycles. The quantitative estimate of drug-likeness (QED) is 0.788. The predicted molar refractivity (Wildman–Crippen MR) is 92.7 cm³/mol. The highest BCUT2D eigenvalue weighted by molar-refractivity contribution is 7.16. The van der Waals surface area contributed by atoms with Gasteiger partial charge in [-0.1, -0.05) is 29.8 Å². The van der Waals surface area contributed by atoms with E-state index in [9.17, 15) is 0 Å². The number of nitrogens with zero attached hydrogens (tertiary/aromatic N) is 1. The molecule has 1 N–H and O–H groups in total. The van der Waals surface area contributed by atoms with Crippen LogP contribution in [0.2, 0.25) is 4.34 Å². The van der Waals surface area contributed by atoms with E-state index in [1.54, 1.807) is 11.3 Å². The maximum atomic E-state index is 5.98. The van der Waals surface area contributed by atoms with E-state index in [0.29, 0.717) is 6.04 Å². The molecule has 0 spiro atoms. The van der Waals surface area contributed by atoms with Gasteiger partial charge < -0.3 is 10.2 Å². The van der Waals surface area contributed by atoms with Crippen molar-refractivity contribution < 1.29 is 0 Å². The molecular weight excluding hydrogens is 300 g/mol. The molecule has 2 heterocycles. The summed E-state index contributed by atoms with van der Waals surface area (Å²) in [5.41, 5.74) is 2.92. The van der Waals surface area contributed by atoms with Crippen molar-refractivity contribution >= 4 is 28.6 Å². The van der Waals surface area contributed by atoms with Crippen LogP contribution in [0.4, 0.5) is 5.69 Å². The minimum Gasteiger partial charge on any atom is -0.371 e. The summed E-state index contributed by atoms with van der Waals surface area (Å²) >= 11 is 7.65. The second-order valence-electron chi connectivity index (χ2n) is 5.54. The maximum absolute atomic E-state index is 5.98. The highest BCUT2D eigenvalue weighted by Gasteiger charge is 2.17. The summed E-state index contributed by atoms with van der Waals surface area (Å²) in [7, 11) is 0. The van der Waals surface area contributed by atoms with Crippen LogP contribution in [0.1, 0.15) is 29.8 Å². The summed E-state index contributed by atoms with van der Waals surface area (Å²) in [6.45, 7) is 5.53. The van der Waals surface area contributed by atoms with Gasteiger partial charge in [-0.2, -0.15) is 0 Å². The number of hydrogen-bond donors (Lipinski definition) is 1. The van der Waals surface area contributed by atoms with E-state index < -0.39 is 0 Å². The van der Waals surface area contributed by atoms with Crippen molar-refractivity contribution in [2.45, 2.75) is 25.8 Å². The zero-order valence-electron chi connectivity index (χ0n) is 12.3. The first kappa shape index (κ1) is 14.9. The smallest absolute Gasteiger partial charge is 0.0931 e. The van der Waals surface area contributed by atoms with Gasteiger partial charge in [0.15, 0.2) is 0 Å². The fourth-order valence-corrected chi connectivity index (χ4v) is 3.98. The molecule has 2 aromatic rings. The number of thiophene rings is 1. The number of rotatable bonds is 6. The van der Waals surface area contributed by atoms with E-state index in [4.69, 9.17) is 11.6 Å². The van der Waals surface area contributed by atoms with Gasteiger partial charge in [0.05, 0.1) is 4.34 Å². The van der Waals surface area contributed by atoms with Crippen LogP contribution < -0.4 is 10.2 Å². The monoisotopic (exact) mass is 320 g/mol. The lowest BCUT2D eigenvalue weighted by Gasteiger charge is -2.20. The van der Waals surface area contributed by atoms with Crippen molar-refractivity contribution in [2.24, 2.45) is 0 Å². The lowest BCUT2D eigenvalue weighted by Crippen LogP contribution is -2.26. The van der Waals surface area contributed by atoms with Gasteiger partial charge in [-0.05, 0) is 50.1 Å². The van der Waals surface area contributed by atoms with Gasteiger partial charge in [-0.25, -0.2) is 0 Å². The second-order valence-corrected chi connectivity index (χ2v) is 7.28. The molecule has 1 unspecified atom stereocenters. The molecule has 112 valence electrons. The molecule has 3 rings (SSSR count). The third kappa shape index (κ3) is 3.60. The average molecular weight is 321 g/mol. The van der Waals surface area contributed by atoms with Crippen LogP contribution in [0.25, 0.3) is 0 Å². The Morgan fingerprint density at radius 2 is 2.14 bits per heavy atom. The molecule has 21 heavy (non-hydrogen) atoms. The summed E-state index contributed by atoms with van der Waals surface area (Å²) in [6.07, 6.45) is 2.35. The molecule has 1 atom stereocenters. The number of nitrogens with one attached hydrogen (secondary N) is 1. The Bertz CT molecular complexity index is 596. The Morgan fingerprint density at radius 3 is 2.95 bits per heavy atom. The van der Waals surface area contributed by atoms with E-state index >= 15 is 0 Å². The van der Waals surface area contributed by atoms with Gasteiger partial charge in [-0.3, -0.25) is 0 Å². The van der Waals surface area contributed by atoms with Crippen molar-refractivity contribution in [3.63, 3.8) is 0 Å². The fraction of sp³-hybridized carbons (Fsp3) is 0.412. The third-order valence-electron chi connectivity index (χ3n) is 4.06. The summed E-state index contributed by atoms with van der Waals surface area (Å²) in [4.78, 5) is 3.82. The molecule has 0 aliphatic carbocycles. The summed E-state index contributed by atoms with van der Waals surface area (Å²) in [5.74, 6) is 0. The Labute approximate surface area is 135 Å². The summed E-state index contributed by atoms with van der Waals surface area (Å²) < 4.78 is 0.868. The lowest BCUT2D eigenvalue weighted by molar-refractivity contribution is 0.562. The molecule has 1 aromatic carbocycles. The maximum Gasteiger partial charge on any atom is 0.0931 e. The van der Waals surface area contributed by atoms with Gasteiger partial charge in [0.1, 0.15) is 0 Å². The normalized spacial score (nSPS) is 15.2. The Kier molecular flexibility index (Phi) is 4.84. The first-order valence-corrected chi connectivity index (χ1v) is 8.75. The minimum atomic E-state index is 0.383. The summed E-state index contributed by atoms with van der Waals surface area (Å²) in [5, 5.41) is 3.59. The van der Waals surface area contributed by atoms with Crippen molar-refractivity contribution in [1.29, 1.82) is 0 Å². The largest absolute Gasteiger partial charge is 0.371 e. The Hall–Kier alpha value is -1.03. The molecule has 2 nitrogen and oxygen atoms in total. The van der Waals surface area contributed by atoms with Gasteiger partial charge in [0.25, 0.3) is 0 Å². The lowest BCUT2D eigenvalue weighted by atomic mass is 10.2. The molecule has 0 fully saturated rings. The topological polar surface area (TPSA) is 15.3 Å². The number of hydrogen-bond acceptors (Lipinski definition) is 3. The van der Waals surface area contributed by atoms with Crippen LogP contribution in [-0.2, 0) is 6.42 Å². The molecule has 0 radical (unpaired) electrons. The van der Waals surface area contributed by atoms with E-state index in [2.05, 4.69) is 47.5 Å². The van der Waals surface area contributed by atoms with Crippen molar-refractivity contribution in [1.82, 2.24) is 5.32 Å². The van der Waals surface area contributed by atoms with Crippen molar-refractivity contribution in [2.75, 3.05) is 24.5 Å². The fourth-order valence-electron chi connectivity index (χ4n) is 2.89. The molecule has 1 aliphatic rings. The predicted octanol–water partition coefficient (Wildman–Crippen LogP) is 4.50. The molecule has 1 aliphatic heterocycles. The molecule has 0 bridgehead atoms. The SMILES string of the molecule is CC(NCCCN1CCc2ccccc21)c1ccc(Cl)s1. The number of para-hydroxylation sites is 1. The van der Waals surface area contributed by atoms with Crippen LogP contribution in [-0.4, -0.2) is 19.6 Å². The van der Waals surface area contributed by atoms with E-state index in [1.165, 1.54) is 22.5 Å². The van der Waals surface area contributed by atoms with Crippen LogP contribution in [0.15, 0.2) is 36.4 Å². The van der Waals surface area contributed by atoms with E-state index in [-0.39, 0.29) is 0 Å². The van der Waals surface area contributed by atoms with Crippen molar-refractivity contribution in [3.8, 4) is 0 Å². The third-order valence-corrected chi connectivity index (χ3v) is 5.47. The van der Waals surface area contributed by atoms with Crippen LogP contribution >= 0.6 is 22.9 Å². The standard InChI is InChI=1S/C17H21ClN2S/c1-13(16-7-8-17(18)21-16)19-10-4-11-20-12-9-14-5-2-3-6-15(14)20/h2-3,5-8,13,19H,4,9-12H2,1H3. The number of benzene rings is 1. The van der Waals surface area contributed by atoms with Gasteiger partial charge in [-0.15, -0.1) is 11.3 Å². The zero-order chi connectivity index (χ0) is 14.7. The van der Waals surface area contributed by atoms with Crippen LogP contribution in [0, 0.1) is 0 Å². The van der Waals surface area contributed by atoms with Crippen LogP contribution in [0.5, 0.6) is 0 Å². The number of anilines is 1. The van der Waals surface area contributed by atoms with Gasteiger partial charge >= 0.3 is 0 Å². The van der Waals surface area contributed by atoms with Gasteiger partial charge in [0.2, 0.25) is 0 Å². The Balaban J connectivity index is 1.43. The zero-order valence-corrected chi connectivity index (χ0v) is 13.9. The average Bonchev–Trinajstić information content (AvgIpc) is 3.10.